The van der Waals surface area contributed by atoms with E-state index in [2.05, 4.69) is 5.32 Å². The van der Waals surface area contributed by atoms with E-state index in [0.717, 1.165) is 23.8 Å². The first kappa shape index (κ1) is 18.1. The topological polar surface area (TPSA) is 62.5 Å². The normalized spacial score (nSPS) is 15.1. The van der Waals surface area contributed by atoms with Gasteiger partial charge < -0.3 is 14.8 Å². The monoisotopic (exact) mass is 357 g/mol. The smallest absolute Gasteiger partial charge is 0.339 e. The van der Waals surface area contributed by atoms with Gasteiger partial charge in [-0.15, -0.1) is 12.4 Å². The van der Waals surface area contributed by atoms with Crippen molar-refractivity contribution < 1.29 is 9.52 Å². The van der Waals surface area contributed by atoms with Crippen molar-refractivity contribution in [2.45, 2.75) is 52.1 Å². The van der Waals surface area contributed by atoms with Gasteiger partial charge in [0.25, 0.3) is 0 Å². The molecule has 0 atom stereocenters. The molecule has 1 aromatic heterocycles. The van der Waals surface area contributed by atoms with Crippen LogP contribution in [0.15, 0.2) is 15.3 Å². The molecule has 126 valence electrons. The summed E-state index contributed by atoms with van der Waals surface area (Å²) in [5, 5.41) is 14.8. The first-order valence-corrected chi connectivity index (χ1v) is 8.04. The number of halogens is 2. The predicted octanol–water partition coefficient (Wildman–Crippen LogP) is 4.22. The average molecular weight is 358 g/mol. The van der Waals surface area contributed by atoms with E-state index < -0.39 is 0 Å². The van der Waals surface area contributed by atoms with Gasteiger partial charge in [0.05, 0.1) is 10.6 Å². The Hall–Kier alpha value is -1.23. The maximum absolute atomic E-state index is 12.0. The third-order valence-electron chi connectivity index (χ3n) is 4.69. The molecule has 0 radical (unpaired) electrons. The van der Waals surface area contributed by atoms with E-state index in [-0.39, 0.29) is 28.8 Å². The zero-order valence-electron chi connectivity index (χ0n) is 13.2. The molecule has 1 fully saturated rings. The Balaban J connectivity index is 0.00000192. The van der Waals surface area contributed by atoms with E-state index in [9.17, 15) is 9.90 Å². The molecule has 1 heterocycles. The summed E-state index contributed by atoms with van der Waals surface area (Å²) in [5.41, 5.74) is 2.04. The van der Waals surface area contributed by atoms with Gasteiger partial charge >= 0.3 is 5.63 Å². The maximum atomic E-state index is 12.0. The maximum Gasteiger partial charge on any atom is 0.339 e. The molecule has 1 aliphatic carbocycles. The largest absolute Gasteiger partial charge is 0.506 e. The molecule has 0 amide bonds. The van der Waals surface area contributed by atoms with Crippen molar-refractivity contribution in [3.05, 3.63) is 38.2 Å². The fourth-order valence-corrected chi connectivity index (χ4v) is 3.36. The molecular formula is C17H21Cl2NO3. The van der Waals surface area contributed by atoms with Crippen molar-refractivity contribution in [1.82, 2.24) is 5.32 Å². The lowest BCUT2D eigenvalue weighted by atomic mass is 10.0. The number of phenols is 1. The Bertz CT molecular complexity index is 780. The standard InChI is InChI=1S/C17H20ClNO3.ClH/c1-9-10(2)17(21)22-16-12(9)7-14(18)15(20)13(16)8-19-11-5-3-4-6-11;/h7,11,19-20H,3-6,8H2,1-2H3;1H. The highest BCUT2D eigenvalue weighted by Gasteiger charge is 2.20. The third-order valence-corrected chi connectivity index (χ3v) is 4.98. The van der Waals surface area contributed by atoms with Crippen LogP contribution in [0.5, 0.6) is 5.75 Å². The van der Waals surface area contributed by atoms with Crippen LogP contribution in [0.1, 0.15) is 42.4 Å². The minimum Gasteiger partial charge on any atom is -0.506 e. The molecule has 0 saturated heterocycles. The highest BCUT2D eigenvalue weighted by atomic mass is 35.5. The molecule has 3 rings (SSSR count). The van der Waals surface area contributed by atoms with Crippen molar-refractivity contribution in [3.63, 3.8) is 0 Å². The van der Waals surface area contributed by atoms with Gasteiger partial charge in [-0.05, 0) is 38.3 Å². The molecule has 2 N–H and O–H groups in total. The zero-order chi connectivity index (χ0) is 15.9. The van der Waals surface area contributed by atoms with Gasteiger partial charge in [0, 0.05) is 23.5 Å². The highest BCUT2D eigenvalue weighted by Crippen LogP contribution is 2.36. The second kappa shape index (κ2) is 7.12. The molecule has 2 aromatic rings. The summed E-state index contributed by atoms with van der Waals surface area (Å²) in [6.07, 6.45) is 4.74. The number of fused-ring (bicyclic) bond motifs is 1. The van der Waals surface area contributed by atoms with Crippen LogP contribution < -0.4 is 10.9 Å². The molecule has 6 heteroatoms. The van der Waals surface area contributed by atoms with Crippen LogP contribution in [0.2, 0.25) is 5.02 Å². The van der Waals surface area contributed by atoms with Gasteiger partial charge in [-0.25, -0.2) is 4.79 Å². The molecular weight excluding hydrogens is 337 g/mol. The second-order valence-electron chi connectivity index (χ2n) is 6.06. The summed E-state index contributed by atoms with van der Waals surface area (Å²) >= 11 is 6.15. The lowest BCUT2D eigenvalue weighted by molar-refractivity contribution is 0.452. The lowest BCUT2D eigenvalue weighted by Crippen LogP contribution is -2.25. The van der Waals surface area contributed by atoms with Gasteiger partial charge in [0.15, 0.2) is 0 Å². The summed E-state index contributed by atoms with van der Waals surface area (Å²) in [5.74, 6) is -0.00827. The third kappa shape index (κ3) is 3.35. The molecule has 1 saturated carbocycles. The minimum atomic E-state index is -0.367. The first-order valence-electron chi connectivity index (χ1n) is 7.66. The molecule has 23 heavy (non-hydrogen) atoms. The summed E-state index contributed by atoms with van der Waals surface area (Å²) in [6, 6.07) is 2.11. The first-order chi connectivity index (χ1) is 10.5. The minimum absolute atomic E-state index is 0. The number of phenolic OH excluding ortho intramolecular Hbond substituents is 1. The molecule has 0 unspecified atom stereocenters. The fraction of sp³-hybridized carbons (Fsp3) is 0.471. The van der Waals surface area contributed by atoms with E-state index >= 15 is 0 Å². The van der Waals surface area contributed by atoms with Gasteiger partial charge in [-0.1, -0.05) is 24.4 Å². The molecule has 1 aliphatic rings. The van der Waals surface area contributed by atoms with E-state index in [1.807, 2.05) is 6.92 Å². The Kier molecular flexibility index (Phi) is 5.61. The summed E-state index contributed by atoms with van der Waals surface area (Å²) in [6.45, 7) is 4.05. The molecule has 4 nitrogen and oxygen atoms in total. The number of benzene rings is 1. The van der Waals surface area contributed by atoms with Crippen LogP contribution in [-0.4, -0.2) is 11.1 Å². The van der Waals surface area contributed by atoms with E-state index in [0.29, 0.717) is 29.3 Å². The van der Waals surface area contributed by atoms with Crippen LogP contribution in [0.25, 0.3) is 11.0 Å². The Morgan fingerprint density at radius 2 is 1.96 bits per heavy atom. The molecule has 0 bridgehead atoms. The number of aromatic hydroxyl groups is 1. The van der Waals surface area contributed by atoms with Gasteiger partial charge in [-0.2, -0.15) is 0 Å². The quantitative estimate of drug-likeness (QED) is 0.807. The number of hydrogen-bond acceptors (Lipinski definition) is 4. The van der Waals surface area contributed by atoms with Crippen molar-refractivity contribution >= 4 is 35.0 Å². The Labute approximate surface area is 146 Å². The van der Waals surface area contributed by atoms with Crippen LogP contribution in [0.3, 0.4) is 0 Å². The fourth-order valence-electron chi connectivity index (χ4n) is 3.13. The number of nitrogens with one attached hydrogen (secondary N) is 1. The Morgan fingerprint density at radius 3 is 2.61 bits per heavy atom. The van der Waals surface area contributed by atoms with Gasteiger partial charge in [-0.3, -0.25) is 0 Å². The van der Waals surface area contributed by atoms with Crippen molar-refractivity contribution in [2.75, 3.05) is 0 Å². The average Bonchev–Trinajstić information content (AvgIpc) is 3.00. The van der Waals surface area contributed by atoms with Crippen LogP contribution in [0.4, 0.5) is 0 Å². The summed E-state index contributed by atoms with van der Waals surface area (Å²) < 4.78 is 5.44. The SMILES string of the molecule is Cc1c(C)c2cc(Cl)c(O)c(CNC3CCCC3)c2oc1=O.Cl. The second-order valence-corrected chi connectivity index (χ2v) is 6.47. The van der Waals surface area contributed by atoms with E-state index in [4.69, 9.17) is 16.0 Å². The number of rotatable bonds is 3. The van der Waals surface area contributed by atoms with Gasteiger partial charge in [0.2, 0.25) is 0 Å². The molecule has 1 aromatic carbocycles. The van der Waals surface area contributed by atoms with E-state index in [1.165, 1.54) is 12.8 Å². The summed E-state index contributed by atoms with van der Waals surface area (Å²) in [4.78, 5) is 12.0. The van der Waals surface area contributed by atoms with E-state index in [1.54, 1.807) is 13.0 Å². The molecule has 0 aliphatic heterocycles. The number of hydrogen-bond donors (Lipinski definition) is 2. The van der Waals surface area contributed by atoms with Gasteiger partial charge in [0.1, 0.15) is 11.3 Å². The summed E-state index contributed by atoms with van der Waals surface area (Å²) in [7, 11) is 0. The highest BCUT2D eigenvalue weighted by molar-refractivity contribution is 6.33. The zero-order valence-corrected chi connectivity index (χ0v) is 14.8. The van der Waals surface area contributed by atoms with Crippen molar-refractivity contribution in [2.24, 2.45) is 0 Å². The predicted molar refractivity (Wildman–Crippen MR) is 95.0 cm³/mol. The molecule has 0 spiro atoms. The van der Waals surface area contributed by atoms with Crippen LogP contribution in [0, 0.1) is 13.8 Å². The van der Waals surface area contributed by atoms with Crippen LogP contribution in [-0.2, 0) is 6.54 Å². The van der Waals surface area contributed by atoms with Crippen molar-refractivity contribution in [3.8, 4) is 5.75 Å². The lowest BCUT2D eigenvalue weighted by Gasteiger charge is -2.15. The van der Waals surface area contributed by atoms with Crippen molar-refractivity contribution in [1.29, 1.82) is 0 Å². The van der Waals surface area contributed by atoms with Crippen LogP contribution >= 0.6 is 24.0 Å². The number of aryl methyl sites for hydroxylation is 1. The Morgan fingerprint density at radius 1 is 1.30 bits per heavy atom.